The van der Waals surface area contributed by atoms with E-state index in [1.165, 1.54) is 16.2 Å². The topological polar surface area (TPSA) is 133 Å². The highest BCUT2D eigenvalue weighted by Gasteiger charge is 2.35. The van der Waals surface area contributed by atoms with E-state index in [0.29, 0.717) is 29.2 Å². The fourth-order valence-electron chi connectivity index (χ4n) is 5.13. The fraction of sp³-hybridized carbons (Fsp3) is 0.294. The molecule has 3 aromatic carbocycles. The summed E-state index contributed by atoms with van der Waals surface area (Å²) >= 11 is 1.51. The van der Waals surface area contributed by atoms with Crippen molar-refractivity contribution < 1.29 is 29.0 Å². The Morgan fingerprint density at radius 2 is 1.87 bits per heavy atom. The molecule has 1 aromatic heterocycles. The second-order valence-electron chi connectivity index (χ2n) is 11.2. The predicted molar refractivity (Wildman–Crippen MR) is 178 cm³/mol. The van der Waals surface area contributed by atoms with Gasteiger partial charge in [0.25, 0.3) is 11.8 Å². The quantitative estimate of drug-likeness (QED) is 0.221. The summed E-state index contributed by atoms with van der Waals surface area (Å²) in [6.45, 7) is 3.95. The molecule has 0 unspecified atom stereocenters. The molecule has 0 spiro atoms. The molecule has 4 aromatic rings. The Bertz CT molecular complexity index is 1660. The summed E-state index contributed by atoms with van der Waals surface area (Å²) in [5, 5.41) is 18.5. The lowest BCUT2D eigenvalue weighted by molar-refractivity contribution is 0.0372. The van der Waals surface area contributed by atoms with Gasteiger partial charge in [0, 0.05) is 47.9 Å². The molecule has 11 nitrogen and oxygen atoms in total. The van der Waals surface area contributed by atoms with E-state index in [0.717, 1.165) is 10.6 Å². The number of nitrogens with one attached hydrogen (secondary N) is 2. The van der Waals surface area contributed by atoms with E-state index in [1.54, 1.807) is 86.8 Å². The molecule has 0 saturated heterocycles. The normalized spacial score (nSPS) is 16.7. The number of carbonyl (C=O) groups excluding carboxylic acids is 3. The third kappa shape index (κ3) is 7.30. The maximum Gasteiger partial charge on any atom is 0.321 e. The van der Waals surface area contributed by atoms with Crippen LogP contribution in [0.2, 0.25) is 0 Å². The highest BCUT2D eigenvalue weighted by atomic mass is 32.1. The number of methoxy groups -OCH3 is 1. The highest BCUT2D eigenvalue weighted by Crippen LogP contribution is 2.35. The number of nitrogens with zero attached hydrogens (tertiary/aromatic N) is 3. The highest BCUT2D eigenvalue weighted by molar-refractivity contribution is 7.13. The van der Waals surface area contributed by atoms with Crippen molar-refractivity contribution in [3.05, 3.63) is 89.4 Å². The van der Waals surface area contributed by atoms with Crippen LogP contribution in [0.25, 0.3) is 10.6 Å². The first kappa shape index (κ1) is 32.5. The molecular weight excluding hydrogens is 606 g/mol. The van der Waals surface area contributed by atoms with Gasteiger partial charge in [0.05, 0.1) is 37.6 Å². The largest absolute Gasteiger partial charge is 0.497 e. The lowest BCUT2D eigenvalue weighted by Gasteiger charge is -2.38. The van der Waals surface area contributed by atoms with Crippen LogP contribution >= 0.6 is 11.3 Å². The summed E-state index contributed by atoms with van der Waals surface area (Å²) in [5.74, 6) is -0.0660. The van der Waals surface area contributed by atoms with Gasteiger partial charge in [-0.3, -0.25) is 9.59 Å². The molecule has 1 aliphatic heterocycles. The molecule has 1 aliphatic rings. The lowest BCUT2D eigenvalue weighted by atomic mass is 9.99. The monoisotopic (exact) mass is 643 g/mol. The van der Waals surface area contributed by atoms with Crippen LogP contribution in [0.1, 0.15) is 34.6 Å². The van der Waals surface area contributed by atoms with Crippen LogP contribution in [0, 0.1) is 5.92 Å². The lowest BCUT2D eigenvalue weighted by Crippen LogP contribution is -2.50. The third-order valence-corrected chi connectivity index (χ3v) is 8.73. The fourth-order valence-corrected chi connectivity index (χ4v) is 5.77. The van der Waals surface area contributed by atoms with E-state index in [4.69, 9.17) is 9.47 Å². The van der Waals surface area contributed by atoms with Gasteiger partial charge in [0.15, 0.2) is 5.75 Å². The first-order valence-corrected chi connectivity index (χ1v) is 15.8. The molecule has 0 fully saturated rings. The first-order chi connectivity index (χ1) is 22.2. The van der Waals surface area contributed by atoms with Gasteiger partial charge >= 0.3 is 6.03 Å². The zero-order valence-electron chi connectivity index (χ0n) is 26.1. The van der Waals surface area contributed by atoms with Gasteiger partial charge in [-0.05, 0) is 55.5 Å². The minimum absolute atomic E-state index is 0.179. The molecule has 240 valence electrons. The molecule has 0 bridgehead atoms. The Kier molecular flexibility index (Phi) is 10.2. The maximum absolute atomic E-state index is 13.8. The second-order valence-corrected chi connectivity index (χ2v) is 12.1. The Balaban J connectivity index is 1.40. The summed E-state index contributed by atoms with van der Waals surface area (Å²) < 4.78 is 11.7. The average molecular weight is 644 g/mol. The Morgan fingerprint density at radius 1 is 1.13 bits per heavy atom. The molecule has 46 heavy (non-hydrogen) atoms. The Labute approximate surface area is 271 Å². The minimum Gasteiger partial charge on any atom is -0.497 e. The standard InChI is InChI=1S/C34H37N5O6S/c1-21-18-39(22(2)20-40)33(42)27-6-5-7-28(37-31(41)23-8-10-24(11-9-23)32-35-16-17-46-32)30(27)45-29(21)19-38(3)34(43)36-25-12-14-26(44-4)15-13-25/h5-17,21-22,29,40H,18-20H2,1-4H3,(H,36,43)(H,37,41)/t21-,22+,29+/m1/s1. The number of hydrogen-bond acceptors (Lipinski definition) is 8. The molecule has 4 amide bonds. The average Bonchev–Trinajstić information content (AvgIpc) is 3.62. The van der Waals surface area contributed by atoms with Crippen molar-refractivity contribution in [3.8, 4) is 22.1 Å². The number of benzene rings is 3. The van der Waals surface area contributed by atoms with Crippen molar-refractivity contribution in [1.82, 2.24) is 14.8 Å². The van der Waals surface area contributed by atoms with E-state index < -0.39 is 12.1 Å². The van der Waals surface area contributed by atoms with Gasteiger partial charge in [0.1, 0.15) is 16.9 Å². The van der Waals surface area contributed by atoms with E-state index in [-0.39, 0.29) is 48.2 Å². The summed E-state index contributed by atoms with van der Waals surface area (Å²) in [4.78, 5) is 47.8. The molecular formula is C34H37N5O6S. The van der Waals surface area contributed by atoms with Gasteiger partial charge in [0.2, 0.25) is 0 Å². The van der Waals surface area contributed by atoms with Gasteiger partial charge < -0.3 is 35.0 Å². The number of amides is 4. The Morgan fingerprint density at radius 3 is 2.52 bits per heavy atom. The molecule has 0 aliphatic carbocycles. The first-order valence-electron chi connectivity index (χ1n) is 14.9. The van der Waals surface area contributed by atoms with Crippen LogP contribution in [0.15, 0.2) is 78.3 Å². The number of fused-ring (bicyclic) bond motifs is 1. The number of ether oxygens (including phenoxy) is 2. The summed E-state index contributed by atoms with van der Waals surface area (Å²) in [6.07, 6.45) is 1.16. The number of urea groups is 1. The molecule has 12 heteroatoms. The number of carbonyl (C=O) groups is 3. The molecule has 0 saturated carbocycles. The van der Waals surface area contributed by atoms with E-state index in [1.807, 2.05) is 24.4 Å². The molecule has 0 radical (unpaired) electrons. The summed E-state index contributed by atoms with van der Waals surface area (Å²) in [6, 6.07) is 18.3. The van der Waals surface area contributed by atoms with Gasteiger partial charge in [-0.2, -0.15) is 0 Å². The van der Waals surface area contributed by atoms with E-state index in [9.17, 15) is 19.5 Å². The zero-order valence-corrected chi connectivity index (χ0v) is 26.9. The van der Waals surface area contributed by atoms with Crippen molar-refractivity contribution in [2.24, 2.45) is 5.92 Å². The summed E-state index contributed by atoms with van der Waals surface area (Å²) in [7, 11) is 3.24. The van der Waals surface area contributed by atoms with E-state index >= 15 is 0 Å². The number of aliphatic hydroxyl groups excluding tert-OH is 1. The van der Waals surface area contributed by atoms with Crippen molar-refractivity contribution in [3.63, 3.8) is 0 Å². The molecule has 3 atom stereocenters. The van der Waals surface area contributed by atoms with Crippen molar-refractivity contribution in [2.45, 2.75) is 26.0 Å². The number of hydrogen-bond donors (Lipinski definition) is 3. The Hall–Kier alpha value is -4.94. The number of likely N-dealkylation sites (N-methyl/N-ethyl adjacent to an activating group) is 1. The maximum atomic E-state index is 13.8. The van der Waals surface area contributed by atoms with Crippen LogP contribution in [0.5, 0.6) is 11.5 Å². The van der Waals surface area contributed by atoms with E-state index in [2.05, 4.69) is 15.6 Å². The molecule has 3 N–H and O–H groups in total. The van der Waals surface area contributed by atoms with Crippen molar-refractivity contribution in [1.29, 1.82) is 0 Å². The smallest absolute Gasteiger partial charge is 0.321 e. The van der Waals surface area contributed by atoms with Crippen molar-refractivity contribution in [2.75, 3.05) is 44.5 Å². The van der Waals surface area contributed by atoms with Crippen LogP contribution in [-0.2, 0) is 0 Å². The number of aliphatic hydroxyl groups is 1. The molecule has 2 heterocycles. The van der Waals surface area contributed by atoms with Crippen LogP contribution in [0.3, 0.4) is 0 Å². The SMILES string of the molecule is COc1ccc(NC(=O)N(C)C[C@@H]2Oc3c(NC(=O)c4ccc(-c5nccs5)cc4)cccc3C(=O)N([C@@H](C)CO)C[C@H]2C)cc1. The van der Waals surface area contributed by atoms with Gasteiger partial charge in [-0.15, -0.1) is 11.3 Å². The number of anilines is 2. The van der Waals surface area contributed by atoms with Gasteiger partial charge in [-0.1, -0.05) is 25.1 Å². The second kappa shape index (κ2) is 14.4. The van der Waals surface area contributed by atoms with Crippen LogP contribution in [0.4, 0.5) is 16.2 Å². The number of rotatable bonds is 9. The van der Waals surface area contributed by atoms with Gasteiger partial charge in [-0.25, -0.2) is 9.78 Å². The number of para-hydroxylation sites is 1. The summed E-state index contributed by atoms with van der Waals surface area (Å²) in [5.41, 5.74) is 2.50. The third-order valence-electron chi connectivity index (χ3n) is 7.91. The zero-order chi connectivity index (χ0) is 32.8. The molecule has 5 rings (SSSR count). The predicted octanol–water partition coefficient (Wildman–Crippen LogP) is 5.46. The van der Waals surface area contributed by atoms with Crippen molar-refractivity contribution >= 4 is 40.6 Å². The minimum atomic E-state index is -0.567. The van der Waals surface area contributed by atoms with Crippen LogP contribution in [-0.4, -0.2) is 83.7 Å². The number of thiazole rings is 1. The van der Waals surface area contributed by atoms with Crippen LogP contribution < -0.4 is 20.1 Å². The number of aromatic nitrogens is 1.